The number of piperidine rings is 1. The van der Waals surface area contributed by atoms with E-state index in [-0.39, 0.29) is 11.7 Å². The second-order valence-corrected chi connectivity index (χ2v) is 10.8. The second kappa shape index (κ2) is 7.41. The Morgan fingerprint density at radius 3 is 2.66 bits per heavy atom. The monoisotopic (exact) mass is 436 g/mol. The molecule has 2 aliphatic heterocycles. The summed E-state index contributed by atoms with van der Waals surface area (Å²) in [5.74, 6) is 0.237. The lowest BCUT2D eigenvalue weighted by atomic mass is 9.73. The number of likely N-dealkylation sites (N-methyl/N-ethyl adjacent to an activating group) is 1. The van der Waals surface area contributed by atoms with Crippen molar-refractivity contribution >= 4 is 33.0 Å². The number of nitrogens with zero attached hydrogens (tertiary/aromatic N) is 4. The smallest absolute Gasteiger partial charge is 0.237 e. The van der Waals surface area contributed by atoms with Crippen molar-refractivity contribution in [1.29, 1.82) is 0 Å². The highest BCUT2D eigenvalue weighted by atomic mass is 35.5. The van der Waals surface area contributed by atoms with E-state index in [1.807, 2.05) is 31.4 Å². The maximum absolute atomic E-state index is 13.1. The number of hydrogen-bond donors (Lipinski definition) is 0. The van der Waals surface area contributed by atoms with Crippen LogP contribution in [0, 0.1) is 0 Å². The van der Waals surface area contributed by atoms with Gasteiger partial charge in [-0.1, -0.05) is 11.6 Å². The van der Waals surface area contributed by atoms with Crippen LogP contribution in [-0.2, 0) is 33.1 Å². The summed E-state index contributed by atoms with van der Waals surface area (Å²) in [5.41, 5.74) is 2.57. The standard InChI is InChI=1S/C20H25ClN4O3S/c1-23-18-4-3-16(21)11-17(18)20(19(23)26)5-7-24(8-6-20)13-15-12-22-25(14-15)9-10-29(2,27)28/h3-4,11-12,14H,5-10,13H2,1-2H3. The Labute approximate surface area is 176 Å². The molecule has 156 valence electrons. The highest BCUT2D eigenvalue weighted by Gasteiger charge is 2.50. The Morgan fingerprint density at radius 2 is 1.97 bits per heavy atom. The van der Waals surface area contributed by atoms with Gasteiger partial charge in [0.15, 0.2) is 0 Å². The van der Waals surface area contributed by atoms with Crippen LogP contribution in [0.3, 0.4) is 0 Å². The van der Waals surface area contributed by atoms with Gasteiger partial charge >= 0.3 is 0 Å². The molecule has 0 atom stereocenters. The fourth-order valence-corrected chi connectivity index (χ4v) is 5.12. The van der Waals surface area contributed by atoms with Crippen molar-refractivity contribution < 1.29 is 13.2 Å². The lowest BCUT2D eigenvalue weighted by molar-refractivity contribution is -0.124. The fraction of sp³-hybridized carbons (Fsp3) is 0.500. The molecule has 7 nitrogen and oxygen atoms in total. The topological polar surface area (TPSA) is 75.5 Å². The maximum atomic E-state index is 13.1. The molecule has 0 aliphatic carbocycles. The van der Waals surface area contributed by atoms with Gasteiger partial charge in [0.2, 0.25) is 5.91 Å². The number of carbonyl (C=O) groups is 1. The van der Waals surface area contributed by atoms with Crippen LogP contribution in [0.5, 0.6) is 0 Å². The average molecular weight is 437 g/mol. The van der Waals surface area contributed by atoms with Crippen molar-refractivity contribution in [2.24, 2.45) is 0 Å². The highest BCUT2D eigenvalue weighted by molar-refractivity contribution is 7.90. The SMILES string of the molecule is CN1C(=O)C2(CCN(Cc3cnn(CCS(C)(=O)=O)c3)CC2)c2cc(Cl)ccc21. The van der Waals surface area contributed by atoms with Gasteiger partial charge in [-0.3, -0.25) is 14.4 Å². The summed E-state index contributed by atoms with van der Waals surface area (Å²) in [6.45, 7) is 2.71. The molecule has 1 amide bonds. The zero-order chi connectivity index (χ0) is 20.8. The zero-order valence-corrected chi connectivity index (χ0v) is 18.2. The van der Waals surface area contributed by atoms with E-state index in [0.717, 1.165) is 49.3 Å². The van der Waals surface area contributed by atoms with Crippen LogP contribution >= 0.6 is 11.6 Å². The molecule has 0 unspecified atom stereocenters. The summed E-state index contributed by atoms with van der Waals surface area (Å²) in [6.07, 6.45) is 6.43. The molecule has 1 spiro atoms. The Hall–Kier alpha value is -1.90. The Balaban J connectivity index is 1.42. The van der Waals surface area contributed by atoms with Gasteiger partial charge in [-0.15, -0.1) is 0 Å². The number of aryl methyl sites for hydroxylation is 1. The summed E-state index contributed by atoms with van der Waals surface area (Å²) in [4.78, 5) is 17.1. The number of aromatic nitrogens is 2. The number of halogens is 1. The molecule has 0 saturated carbocycles. The molecule has 2 aliphatic rings. The molecule has 0 bridgehead atoms. The number of fused-ring (bicyclic) bond motifs is 2. The molecule has 3 heterocycles. The molecule has 9 heteroatoms. The van der Waals surface area contributed by atoms with E-state index < -0.39 is 15.3 Å². The first-order valence-electron chi connectivity index (χ1n) is 9.68. The molecule has 1 fully saturated rings. The highest BCUT2D eigenvalue weighted by Crippen LogP contribution is 2.48. The van der Waals surface area contributed by atoms with Gasteiger partial charge in [0.05, 0.1) is 23.9 Å². The quantitative estimate of drug-likeness (QED) is 0.717. The molecule has 1 saturated heterocycles. The third kappa shape index (κ3) is 3.93. The summed E-state index contributed by atoms with van der Waals surface area (Å²) in [5, 5.41) is 4.93. The molecule has 29 heavy (non-hydrogen) atoms. The summed E-state index contributed by atoms with van der Waals surface area (Å²) < 4.78 is 24.3. The van der Waals surface area contributed by atoms with Gasteiger partial charge in [0.25, 0.3) is 0 Å². The number of benzene rings is 1. The van der Waals surface area contributed by atoms with Crippen molar-refractivity contribution in [3.8, 4) is 0 Å². The van der Waals surface area contributed by atoms with E-state index >= 15 is 0 Å². The normalized spacial score (nSPS) is 19.1. The number of likely N-dealkylation sites (tertiary alicyclic amines) is 1. The predicted molar refractivity (Wildman–Crippen MR) is 113 cm³/mol. The van der Waals surface area contributed by atoms with Crippen LogP contribution in [0.15, 0.2) is 30.6 Å². The van der Waals surface area contributed by atoms with Gasteiger partial charge in [0, 0.05) is 42.3 Å². The number of carbonyl (C=O) groups excluding carboxylic acids is 1. The number of rotatable bonds is 5. The number of anilines is 1. The van der Waals surface area contributed by atoms with E-state index in [0.29, 0.717) is 11.6 Å². The second-order valence-electron chi connectivity index (χ2n) is 8.13. The zero-order valence-electron chi connectivity index (χ0n) is 16.6. The molecular weight excluding hydrogens is 412 g/mol. The molecule has 0 radical (unpaired) electrons. The van der Waals surface area contributed by atoms with Crippen molar-refractivity contribution in [3.63, 3.8) is 0 Å². The fourth-order valence-electron chi connectivity index (χ4n) is 4.43. The van der Waals surface area contributed by atoms with E-state index in [2.05, 4.69) is 10.00 Å². The average Bonchev–Trinajstić information content (AvgIpc) is 3.19. The molecule has 1 aromatic carbocycles. The van der Waals surface area contributed by atoms with Crippen molar-refractivity contribution in [1.82, 2.24) is 14.7 Å². The van der Waals surface area contributed by atoms with Crippen LogP contribution in [-0.4, -0.2) is 61.2 Å². The van der Waals surface area contributed by atoms with Crippen LogP contribution in [0.25, 0.3) is 0 Å². The largest absolute Gasteiger partial charge is 0.314 e. The summed E-state index contributed by atoms with van der Waals surface area (Å²) >= 11 is 6.23. The number of amides is 1. The van der Waals surface area contributed by atoms with Gasteiger partial charge in [-0.2, -0.15) is 5.10 Å². The van der Waals surface area contributed by atoms with E-state index in [1.54, 1.807) is 15.8 Å². The minimum atomic E-state index is -3.01. The van der Waals surface area contributed by atoms with Gasteiger partial charge in [-0.05, 0) is 49.7 Å². The van der Waals surface area contributed by atoms with Gasteiger partial charge in [-0.25, -0.2) is 8.42 Å². The lowest BCUT2D eigenvalue weighted by Gasteiger charge is -2.38. The van der Waals surface area contributed by atoms with Crippen LogP contribution < -0.4 is 4.90 Å². The van der Waals surface area contributed by atoms with Crippen LogP contribution in [0.2, 0.25) is 5.02 Å². The van der Waals surface area contributed by atoms with E-state index in [4.69, 9.17) is 11.6 Å². The van der Waals surface area contributed by atoms with Crippen molar-refractivity contribution in [2.75, 3.05) is 37.0 Å². The molecule has 2 aromatic rings. The molecular formula is C20H25ClN4O3S. The predicted octanol–water partition coefficient (Wildman–Crippen LogP) is 2.09. The third-order valence-electron chi connectivity index (χ3n) is 6.04. The summed E-state index contributed by atoms with van der Waals surface area (Å²) in [7, 11) is -1.17. The summed E-state index contributed by atoms with van der Waals surface area (Å²) in [6, 6.07) is 5.71. The van der Waals surface area contributed by atoms with Gasteiger partial charge in [0.1, 0.15) is 9.84 Å². The van der Waals surface area contributed by atoms with E-state index in [1.165, 1.54) is 6.26 Å². The van der Waals surface area contributed by atoms with Gasteiger partial charge < -0.3 is 4.90 Å². The number of hydrogen-bond acceptors (Lipinski definition) is 5. The first-order chi connectivity index (χ1) is 13.7. The van der Waals surface area contributed by atoms with E-state index in [9.17, 15) is 13.2 Å². The van der Waals surface area contributed by atoms with Crippen molar-refractivity contribution in [3.05, 3.63) is 46.7 Å². The molecule has 4 rings (SSSR count). The minimum absolute atomic E-state index is 0.0813. The maximum Gasteiger partial charge on any atom is 0.237 e. The van der Waals surface area contributed by atoms with Crippen LogP contribution in [0.4, 0.5) is 5.69 Å². The molecule has 0 N–H and O–H groups in total. The Morgan fingerprint density at radius 1 is 1.24 bits per heavy atom. The number of sulfone groups is 1. The third-order valence-corrected chi connectivity index (χ3v) is 7.20. The minimum Gasteiger partial charge on any atom is -0.314 e. The van der Waals surface area contributed by atoms with Crippen molar-refractivity contribution in [2.45, 2.75) is 31.3 Å². The first-order valence-corrected chi connectivity index (χ1v) is 12.1. The lowest BCUT2D eigenvalue weighted by Crippen LogP contribution is -2.47. The first kappa shape index (κ1) is 20.4. The molecule has 1 aromatic heterocycles. The Kier molecular flexibility index (Phi) is 5.21. The van der Waals surface area contributed by atoms with Crippen LogP contribution in [0.1, 0.15) is 24.0 Å². The Bertz CT molecular complexity index is 1040.